The van der Waals surface area contributed by atoms with E-state index in [0.29, 0.717) is 6.04 Å². The predicted octanol–water partition coefficient (Wildman–Crippen LogP) is 4.88. The average molecular weight is 329 g/mol. The van der Waals surface area contributed by atoms with Gasteiger partial charge in [-0.15, -0.1) is 0 Å². The number of benzene rings is 1. The van der Waals surface area contributed by atoms with E-state index in [2.05, 4.69) is 31.1 Å². The number of aryl methyl sites for hydroxylation is 2. The molecule has 1 aromatic carbocycles. The number of nitrogens with zero attached hydrogens (tertiary/aromatic N) is 3. The van der Waals surface area contributed by atoms with E-state index < -0.39 is 0 Å². The largest absolute Gasteiger partial charge is 0.367 e. The van der Waals surface area contributed by atoms with Gasteiger partial charge >= 0.3 is 0 Å². The lowest BCUT2D eigenvalue weighted by Crippen LogP contribution is -2.16. The molecule has 2 heterocycles. The summed E-state index contributed by atoms with van der Waals surface area (Å²) < 4.78 is 1.90. The highest BCUT2D eigenvalue weighted by molar-refractivity contribution is 6.30. The molecule has 1 atom stereocenters. The quantitative estimate of drug-likeness (QED) is 0.742. The van der Waals surface area contributed by atoms with E-state index in [1.165, 1.54) is 0 Å². The van der Waals surface area contributed by atoms with Crippen molar-refractivity contribution >= 4 is 23.1 Å². The fourth-order valence-electron chi connectivity index (χ4n) is 2.58. The van der Waals surface area contributed by atoms with Gasteiger partial charge in [0.1, 0.15) is 5.82 Å². The lowest BCUT2D eigenvalue weighted by Gasteiger charge is -2.14. The molecule has 3 aromatic rings. The minimum atomic E-state index is 0.378. The maximum Gasteiger partial charge on any atom is 0.161 e. The normalized spacial score (nSPS) is 12.6. The Morgan fingerprint density at radius 1 is 1.22 bits per heavy atom. The highest BCUT2D eigenvalue weighted by Gasteiger charge is 2.15. The van der Waals surface area contributed by atoms with Crippen LogP contribution in [0.2, 0.25) is 5.02 Å². The molecule has 0 bridgehead atoms. The first kappa shape index (κ1) is 15.8. The Hall–Kier alpha value is -2.07. The first-order valence-electron chi connectivity index (χ1n) is 7.89. The van der Waals surface area contributed by atoms with Crippen molar-refractivity contribution in [3.8, 4) is 11.3 Å². The van der Waals surface area contributed by atoms with Crippen molar-refractivity contribution in [1.29, 1.82) is 0 Å². The molecule has 0 aliphatic heterocycles. The van der Waals surface area contributed by atoms with E-state index in [1.807, 2.05) is 41.8 Å². The van der Waals surface area contributed by atoms with E-state index in [0.717, 1.165) is 45.4 Å². The van der Waals surface area contributed by atoms with Crippen molar-refractivity contribution < 1.29 is 0 Å². The van der Waals surface area contributed by atoms with Gasteiger partial charge in [-0.1, -0.05) is 30.7 Å². The van der Waals surface area contributed by atoms with Crippen LogP contribution in [0.3, 0.4) is 0 Å². The van der Waals surface area contributed by atoms with Gasteiger partial charge in [-0.05, 0) is 39.3 Å². The number of rotatable bonds is 4. The van der Waals surface area contributed by atoms with Gasteiger partial charge in [-0.25, -0.2) is 4.98 Å². The van der Waals surface area contributed by atoms with Crippen molar-refractivity contribution in [2.75, 3.05) is 5.32 Å². The highest BCUT2D eigenvalue weighted by Crippen LogP contribution is 2.28. The number of hydrogen-bond donors (Lipinski definition) is 1. The van der Waals surface area contributed by atoms with Gasteiger partial charge < -0.3 is 5.32 Å². The van der Waals surface area contributed by atoms with Gasteiger partial charge in [0.25, 0.3) is 0 Å². The lowest BCUT2D eigenvalue weighted by molar-refractivity contribution is 0.748. The maximum absolute atomic E-state index is 5.99. The summed E-state index contributed by atoms with van der Waals surface area (Å²) in [6.45, 7) is 8.40. The summed E-state index contributed by atoms with van der Waals surface area (Å²) in [6.07, 6.45) is 1.05. The van der Waals surface area contributed by atoms with E-state index >= 15 is 0 Å². The van der Waals surface area contributed by atoms with Crippen LogP contribution in [0.5, 0.6) is 0 Å². The zero-order valence-electron chi connectivity index (χ0n) is 13.9. The Morgan fingerprint density at radius 3 is 2.57 bits per heavy atom. The third-order valence-electron chi connectivity index (χ3n) is 4.07. The van der Waals surface area contributed by atoms with Crippen LogP contribution in [-0.2, 0) is 0 Å². The molecule has 0 aliphatic rings. The zero-order chi connectivity index (χ0) is 16.6. The molecular formula is C18H21ClN4. The van der Waals surface area contributed by atoms with Crippen LogP contribution < -0.4 is 5.32 Å². The number of hydrogen-bond acceptors (Lipinski definition) is 3. The molecule has 0 saturated carbocycles. The summed E-state index contributed by atoms with van der Waals surface area (Å²) >= 11 is 5.99. The Kier molecular flexibility index (Phi) is 4.26. The lowest BCUT2D eigenvalue weighted by atomic mass is 10.1. The molecule has 0 amide bonds. The molecule has 0 aliphatic carbocycles. The number of aromatic nitrogens is 3. The third-order valence-corrected chi connectivity index (χ3v) is 4.32. The first-order chi connectivity index (χ1) is 11.0. The summed E-state index contributed by atoms with van der Waals surface area (Å²) in [5.41, 5.74) is 4.93. The Balaban J connectivity index is 2.17. The van der Waals surface area contributed by atoms with Gasteiger partial charge in [0.05, 0.1) is 5.69 Å². The monoisotopic (exact) mass is 328 g/mol. The minimum absolute atomic E-state index is 0.378. The van der Waals surface area contributed by atoms with Crippen LogP contribution in [0.25, 0.3) is 16.9 Å². The predicted molar refractivity (Wildman–Crippen MR) is 96.3 cm³/mol. The van der Waals surface area contributed by atoms with E-state index in [-0.39, 0.29) is 0 Å². The molecule has 0 unspecified atom stereocenters. The second-order valence-corrected chi connectivity index (χ2v) is 6.39. The molecule has 0 saturated heterocycles. The maximum atomic E-state index is 5.99. The second kappa shape index (κ2) is 6.20. The smallest absolute Gasteiger partial charge is 0.161 e. The van der Waals surface area contributed by atoms with Crippen molar-refractivity contribution in [3.63, 3.8) is 0 Å². The van der Waals surface area contributed by atoms with Crippen LogP contribution in [-0.4, -0.2) is 20.6 Å². The van der Waals surface area contributed by atoms with Crippen molar-refractivity contribution in [2.45, 2.75) is 40.2 Å². The first-order valence-corrected chi connectivity index (χ1v) is 8.27. The van der Waals surface area contributed by atoms with Crippen molar-refractivity contribution in [1.82, 2.24) is 14.6 Å². The fraction of sp³-hybridized carbons (Fsp3) is 0.333. The van der Waals surface area contributed by atoms with Crippen molar-refractivity contribution in [2.24, 2.45) is 0 Å². The van der Waals surface area contributed by atoms with Gasteiger partial charge in [0.2, 0.25) is 0 Å². The molecule has 5 heteroatoms. The molecule has 0 spiro atoms. The Morgan fingerprint density at radius 2 is 1.91 bits per heavy atom. The summed E-state index contributed by atoms with van der Waals surface area (Å²) in [7, 11) is 0. The van der Waals surface area contributed by atoms with Crippen LogP contribution >= 0.6 is 11.6 Å². The number of nitrogens with one attached hydrogen (secondary N) is 1. The molecule has 4 nitrogen and oxygen atoms in total. The molecule has 23 heavy (non-hydrogen) atoms. The summed E-state index contributed by atoms with van der Waals surface area (Å²) in [4.78, 5) is 4.67. The van der Waals surface area contributed by atoms with Crippen LogP contribution in [0.15, 0.2) is 30.3 Å². The number of halogens is 1. The molecule has 3 rings (SSSR count). The molecule has 2 aromatic heterocycles. The van der Waals surface area contributed by atoms with Crippen LogP contribution in [0.4, 0.5) is 5.82 Å². The SMILES string of the molecule is CC[C@H](C)Nc1cc(C)nc2c(C)c(-c3ccc(Cl)cc3)nn12. The van der Waals surface area contributed by atoms with Gasteiger partial charge in [0, 0.05) is 34.0 Å². The van der Waals surface area contributed by atoms with Crippen LogP contribution in [0, 0.1) is 13.8 Å². The molecule has 1 N–H and O–H groups in total. The van der Waals surface area contributed by atoms with Crippen molar-refractivity contribution in [3.05, 3.63) is 46.6 Å². The molecule has 0 radical (unpaired) electrons. The van der Waals surface area contributed by atoms with E-state index in [9.17, 15) is 0 Å². The fourth-order valence-corrected chi connectivity index (χ4v) is 2.71. The topological polar surface area (TPSA) is 42.2 Å². The van der Waals surface area contributed by atoms with Gasteiger partial charge in [0.15, 0.2) is 5.65 Å². The van der Waals surface area contributed by atoms with E-state index in [1.54, 1.807) is 0 Å². The Bertz CT molecular complexity index is 836. The molecule has 0 fully saturated rings. The van der Waals surface area contributed by atoms with Gasteiger partial charge in [-0.2, -0.15) is 9.61 Å². The highest BCUT2D eigenvalue weighted by atomic mass is 35.5. The summed E-state index contributed by atoms with van der Waals surface area (Å²) in [5.74, 6) is 0.977. The minimum Gasteiger partial charge on any atom is -0.367 e. The Labute approximate surface area is 141 Å². The average Bonchev–Trinajstić information content (AvgIpc) is 2.85. The number of fused-ring (bicyclic) bond motifs is 1. The number of anilines is 1. The van der Waals surface area contributed by atoms with Gasteiger partial charge in [-0.3, -0.25) is 0 Å². The molecular weight excluding hydrogens is 308 g/mol. The third kappa shape index (κ3) is 3.04. The van der Waals surface area contributed by atoms with E-state index in [4.69, 9.17) is 16.7 Å². The zero-order valence-corrected chi connectivity index (χ0v) is 14.6. The molecule has 120 valence electrons. The van der Waals surface area contributed by atoms with Crippen LogP contribution in [0.1, 0.15) is 31.5 Å². The summed E-state index contributed by atoms with van der Waals surface area (Å²) in [6, 6.07) is 10.2. The standard InChI is InChI=1S/C18H21ClN4/c1-5-11(2)20-16-10-12(3)21-18-13(4)17(22-23(16)18)14-6-8-15(19)9-7-14/h6-11,20H,5H2,1-4H3/t11-/m0/s1. The summed E-state index contributed by atoms with van der Waals surface area (Å²) in [5, 5.41) is 9.03. The second-order valence-electron chi connectivity index (χ2n) is 5.95.